The smallest absolute Gasteiger partial charge is 0.335 e. The molecule has 0 amide bonds. The number of hydrogen-bond acceptors (Lipinski definition) is 2. The van der Waals surface area contributed by atoms with Gasteiger partial charge in [0.15, 0.2) is 0 Å². The van der Waals surface area contributed by atoms with E-state index in [1.165, 1.54) is 24.3 Å². The zero-order valence-corrected chi connectivity index (χ0v) is 11.0. The van der Waals surface area contributed by atoms with Gasteiger partial charge in [-0.3, -0.25) is 4.98 Å². The van der Waals surface area contributed by atoms with Gasteiger partial charge in [0.1, 0.15) is 17.5 Å². The summed E-state index contributed by atoms with van der Waals surface area (Å²) in [6.07, 6.45) is 0.918. The topological polar surface area (TPSA) is 50.2 Å². The van der Waals surface area contributed by atoms with Crippen LogP contribution in [-0.2, 0) is 0 Å². The van der Waals surface area contributed by atoms with E-state index in [4.69, 9.17) is 5.11 Å². The first-order valence-corrected chi connectivity index (χ1v) is 6.24. The number of aromatic carboxylic acids is 1. The van der Waals surface area contributed by atoms with Crippen LogP contribution in [0.1, 0.15) is 10.4 Å². The van der Waals surface area contributed by atoms with Crippen LogP contribution in [0.4, 0.5) is 13.2 Å². The highest BCUT2D eigenvalue weighted by Crippen LogP contribution is 2.31. The largest absolute Gasteiger partial charge is 0.478 e. The van der Waals surface area contributed by atoms with Crippen molar-refractivity contribution in [1.82, 2.24) is 4.98 Å². The normalized spacial score (nSPS) is 10.9. The number of pyridine rings is 1. The van der Waals surface area contributed by atoms with Crippen molar-refractivity contribution >= 4 is 16.7 Å². The maximum absolute atomic E-state index is 13.9. The predicted octanol–water partition coefficient (Wildman–Crippen LogP) is 4.02. The zero-order valence-electron chi connectivity index (χ0n) is 11.0. The molecule has 0 atom stereocenters. The van der Waals surface area contributed by atoms with Gasteiger partial charge >= 0.3 is 5.97 Å². The van der Waals surface area contributed by atoms with Crippen molar-refractivity contribution in [3.63, 3.8) is 0 Å². The van der Waals surface area contributed by atoms with Gasteiger partial charge in [-0.15, -0.1) is 0 Å². The summed E-state index contributed by atoms with van der Waals surface area (Å²) in [5, 5.41) is 9.28. The number of hydrogen-bond donors (Lipinski definition) is 1. The summed E-state index contributed by atoms with van der Waals surface area (Å²) >= 11 is 0. The van der Waals surface area contributed by atoms with Gasteiger partial charge in [-0.25, -0.2) is 18.0 Å². The highest BCUT2D eigenvalue weighted by molar-refractivity contribution is 6.00. The molecule has 0 aliphatic rings. The molecule has 0 fully saturated rings. The molecule has 0 saturated heterocycles. The van der Waals surface area contributed by atoms with Gasteiger partial charge in [-0.05, 0) is 24.3 Å². The summed E-state index contributed by atoms with van der Waals surface area (Å²) in [6.45, 7) is 0. The van der Waals surface area contributed by atoms with E-state index >= 15 is 0 Å². The van der Waals surface area contributed by atoms with E-state index in [2.05, 4.69) is 4.98 Å². The quantitative estimate of drug-likeness (QED) is 0.778. The molecule has 3 nitrogen and oxygen atoms in total. The first-order chi connectivity index (χ1) is 10.5. The minimum Gasteiger partial charge on any atom is -0.478 e. The maximum atomic E-state index is 13.9. The summed E-state index contributed by atoms with van der Waals surface area (Å²) < 4.78 is 40.8. The Balaban J connectivity index is 2.35. The number of halogens is 3. The molecular weight excluding hydrogens is 295 g/mol. The Hall–Kier alpha value is -2.89. The molecule has 0 radical (unpaired) electrons. The average molecular weight is 303 g/mol. The lowest BCUT2D eigenvalue weighted by atomic mass is 10.0. The molecule has 2 aromatic carbocycles. The summed E-state index contributed by atoms with van der Waals surface area (Å²) in [7, 11) is 0. The molecule has 1 heterocycles. The molecule has 0 unspecified atom stereocenters. The van der Waals surface area contributed by atoms with Gasteiger partial charge in [-0.2, -0.15) is 0 Å². The van der Waals surface area contributed by atoms with Crippen molar-refractivity contribution in [1.29, 1.82) is 0 Å². The minimum atomic E-state index is -1.20. The molecule has 0 bridgehead atoms. The Morgan fingerprint density at radius 1 is 0.955 bits per heavy atom. The van der Waals surface area contributed by atoms with E-state index in [9.17, 15) is 18.0 Å². The summed E-state index contributed by atoms with van der Waals surface area (Å²) in [5.41, 5.74) is -0.0605. The van der Waals surface area contributed by atoms with Crippen LogP contribution in [0.5, 0.6) is 0 Å². The van der Waals surface area contributed by atoms with E-state index in [1.54, 1.807) is 0 Å². The molecule has 1 aromatic heterocycles. The van der Waals surface area contributed by atoms with Crippen molar-refractivity contribution in [2.24, 2.45) is 0 Å². The number of rotatable bonds is 2. The fourth-order valence-electron chi connectivity index (χ4n) is 2.24. The van der Waals surface area contributed by atoms with Crippen LogP contribution in [0.25, 0.3) is 22.0 Å². The molecule has 0 aliphatic carbocycles. The van der Waals surface area contributed by atoms with Crippen LogP contribution < -0.4 is 0 Å². The van der Waals surface area contributed by atoms with E-state index in [0.717, 1.165) is 12.3 Å². The molecule has 110 valence electrons. The third kappa shape index (κ3) is 2.28. The lowest BCUT2D eigenvalue weighted by Gasteiger charge is -2.09. The molecule has 3 rings (SSSR count). The molecule has 0 saturated carbocycles. The van der Waals surface area contributed by atoms with Crippen molar-refractivity contribution < 1.29 is 23.1 Å². The van der Waals surface area contributed by atoms with Crippen molar-refractivity contribution in [2.75, 3.05) is 0 Å². The van der Waals surface area contributed by atoms with Gasteiger partial charge in [0.25, 0.3) is 0 Å². The van der Waals surface area contributed by atoms with Gasteiger partial charge < -0.3 is 5.11 Å². The fraction of sp³-hybridized carbons (Fsp3) is 0. The lowest BCUT2D eigenvalue weighted by Crippen LogP contribution is -1.98. The second-order valence-electron chi connectivity index (χ2n) is 4.64. The Bertz CT molecular complexity index is 909. The monoisotopic (exact) mass is 303 g/mol. The van der Waals surface area contributed by atoms with Gasteiger partial charge in [0, 0.05) is 22.4 Å². The number of nitrogens with zero attached hydrogens (tertiary/aromatic N) is 1. The second kappa shape index (κ2) is 5.14. The third-order valence-electron chi connectivity index (χ3n) is 3.27. The minimum absolute atomic E-state index is 0.0334. The SMILES string of the molecule is O=C(O)c1ccc2c(F)cnc(-c3ccc(F)cc3F)c2c1. The molecule has 0 aliphatic heterocycles. The highest BCUT2D eigenvalue weighted by atomic mass is 19.1. The van der Waals surface area contributed by atoms with E-state index < -0.39 is 23.4 Å². The van der Waals surface area contributed by atoms with Crippen LogP contribution in [-0.4, -0.2) is 16.1 Å². The molecular formula is C16H8F3NO2. The molecule has 0 spiro atoms. The predicted molar refractivity (Wildman–Crippen MR) is 74.0 cm³/mol. The average Bonchev–Trinajstić information content (AvgIpc) is 2.48. The van der Waals surface area contributed by atoms with Crippen LogP contribution in [0, 0.1) is 17.5 Å². The fourth-order valence-corrected chi connectivity index (χ4v) is 2.24. The molecule has 6 heteroatoms. The Morgan fingerprint density at radius 3 is 2.41 bits per heavy atom. The summed E-state index contributed by atoms with van der Waals surface area (Å²) in [6, 6.07) is 6.67. The number of benzene rings is 2. The van der Waals surface area contributed by atoms with Crippen LogP contribution >= 0.6 is 0 Å². The van der Waals surface area contributed by atoms with Crippen LogP contribution in [0.3, 0.4) is 0 Å². The molecule has 1 N–H and O–H groups in total. The standard InChI is InChI=1S/C16H8F3NO2/c17-9-2-4-11(13(18)6-9)15-12-5-8(16(21)22)1-3-10(12)14(19)7-20-15/h1-7H,(H,21,22). The number of carboxylic acid groups (broad SMARTS) is 1. The van der Waals surface area contributed by atoms with Gasteiger partial charge in [0.05, 0.1) is 17.5 Å². The van der Waals surface area contributed by atoms with Crippen molar-refractivity contribution in [2.45, 2.75) is 0 Å². The van der Waals surface area contributed by atoms with E-state index in [1.807, 2.05) is 0 Å². The second-order valence-corrected chi connectivity index (χ2v) is 4.64. The van der Waals surface area contributed by atoms with Gasteiger partial charge in [-0.1, -0.05) is 6.07 Å². The van der Waals surface area contributed by atoms with Crippen molar-refractivity contribution in [3.05, 3.63) is 65.6 Å². The number of carboxylic acids is 1. The molecule has 22 heavy (non-hydrogen) atoms. The summed E-state index contributed by atoms with van der Waals surface area (Å²) in [4.78, 5) is 14.9. The Kier molecular flexibility index (Phi) is 3.29. The van der Waals surface area contributed by atoms with Crippen LogP contribution in [0.2, 0.25) is 0 Å². The molecule has 3 aromatic rings. The Morgan fingerprint density at radius 2 is 1.73 bits per heavy atom. The van der Waals surface area contributed by atoms with Gasteiger partial charge in [0.2, 0.25) is 0 Å². The van der Waals surface area contributed by atoms with E-state index in [0.29, 0.717) is 6.07 Å². The number of carbonyl (C=O) groups is 1. The number of aromatic nitrogens is 1. The van der Waals surface area contributed by atoms with Crippen LogP contribution in [0.15, 0.2) is 42.6 Å². The Labute approximate surface area is 122 Å². The lowest BCUT2D eigenvalue weighted by molar-refractivity contribution is 0.0697. The summed E-state index contributed by atoms with van der Waals surface area (Å²) in [5.74, 6) is -3.46. The highest BCUT2D eigenvalue weighted by Gasteiger charge is 2.15. The first-order valence-electron chi connectivity index (χ1n) is 6.24. The third-order valence-corrected chi connectivity index (χ3v) is 3.27. The van der Waals surface area contributed by atoms with Crippen molar-refractivity contribution in [3.8, 4) is 11.3 Å². The maximum Gasteiger partial charge on any atom is 0.335 e. The first kappa shape index (κ1) is 14.1. The zero-order chi connectivity index (χ0) is 15.9. The van der Waals surface area contributed by atoms with E-state index in [-0.39, 0.29) is 27.6 Å². The number of fused-ring (bicyclic) bond motifs is 1.